The maximum absolute atomic E-state index is 5.71. The van der Waals surface area contributed by atoms with E-state index < -0.39 is 0 Å². The third kappa shape index (κ3) is 3.69. The fourth-order valence-electron chi connectivity index (χ4n) is 2.31. The second-order valence-electron chi connectivity index (χ2n) is 4.97. The summed E-state index contributed by atoms with van der Waals surface area (Å²) in [7, 11) is 1.99. The van der Waals surface area contributed by atoms with Crippen molar-refractivity contribution in [3.8, 4) is 0 Å². The molecule has 3 N–H and O–H groups in total. The van der Waals surface area contributed by atoms with Crippen molar-refractivity contribution >= 4 is 15.9 Å². The van der Waals surface area contributed by atoms with Crippen LogP contribution in [-0.2, 0) is 26.3 Å². The number of hydrogen-bond acceptors (Lipinski definition) is 3. The molecule has 1 aromatic carbocycles. The van der Waals surface area contributed by atoms with E-state index in [1.165, 1.54) is 11.3 Å². The van der Waals surface area contributed by atoms with Gasteiger partial charge in [0.25, 0.3) is 0 Å². The fourth-order valence-corrected chi connectivity index (χ4v) is 2.75. The van der Waals surface area contributed by atoms with Gasteiger partial charge in [-0.1, -0.05) is 41.1 Å². The molecule has 1 unspecified atom stereocenters. The van der Waals surface area contributed by atoms with Gasteiger partial charge in [0.15, 0.2) is 0 Å². The topological polar surface area (TPSA) is 55.9 Å². The lowest BCUT2D eigenvalue weighted by Crippen LogP contribution is -2.39. The van der Waals surface area contributed by atoms with Crippen LogP contribution >= 0.6 is 15.9 Å². The normalized spacial score (nSPS) is 12.6. The first-order chi connectivity index (χ1) is 9.63. The third-order valence-electron chi connectivity index (χ3n) is 3.50. The highest BCUT2D eigenvalue weighted by atomic mass is 79.9. The molecule has 0 aliphatic carbocycles. The van der Waals surface area contributed by atoms with E-state index in [4.69, 9.17) is 5.84 Å². The van der Waals surface area contributed by atoms with Gasteiger partial charge in [-0.3, -0.25) is 16.0 Å². The zero-order valence-corrected chi connectivity index (χ0v) is 13.5. The molecule has 5 heteroatoms. The highest BCUT2D eigenvalue weighted by Crippen LogP contribution is 2.18. The molecule has 0 spiro atoms. The highest BCUT2D eigenvalue weighted by Gasteiger charge is 2.13. The number of aromatic nitrogens is 2. The number of nitrogens with one attached hydrogen (secondary N) is 1. The quantitative estimate of drug-likeness (QED) is 0.629. The van der Waals surface area contributed by atoms with Crippen LogP contribution in [0.5, 0.6) is 0 Å². The SMILES string of the molecule is CCc1cc(CC(Cc2ccccc2Br)NN)n(C)n1. The molecule has 108 valence electrons. The van der Waals surface area contributed by atoms with Gasteiger partial charge >= 0.3 is 0 Å². The molecule has 1 atom stereocenters. The molecule has 4 nitrogen and oxygen atoms in total. The summed E-state index contributed by atoms with van der Waals surface area (Å²) in [6.07, 6.45) is 2.70. The number of hydrazine groups is 1. The lowest BCUT2D eigenvalue weighted by Gasteiger charge is -2.16. The molecule has 0 saturated carbocycles. The molecule has 0 aliphatic heterocycles. The van der Waals surface area contributed by atoms with Gasteiger partial charge in [-0.05, 0) is 30.5 Å². The molecule has 0 saturated heterocycles. The minimum absolute atomic E-state index is 0.189. The van der Waals surface area contributed by atoms with Crippen molar-refractivity contribution in [2.24, 2.45) is 12.9 Å². The van der Waals surface area contributed by atoms with Crippen LogP contribution in [-0.4, -0.2) is 15.8 Å². The number of nitrogens with two attached hydrogens (primary N) is 1. The number of hydrogen-bond donors (Lipinski definition) is 2. The molecule has 20 heavy (non-hydrogen) atoms. The Morgan fingerprint density at radius 1 is 1.35 bits per heavy atom. The van der Waals surface area contributed by atoms with Crippen LogP contribution in [0.2, 0.25) is 0 Å². The number of rotatable bonds is 6. The number of benzene rings is 1. The molecule has 0 amide bonds. The van der Waals surface area contributed by atoms with Gasteiger partial charge in [0.1, 0.15) is 0 Å². The first-order valence-electron chi connectivity index (χ1n) is 6.85. The van der Waals surface area contributed by atoms with Gasteiger partial charge < -0.3 is 0 Å². The fraction of sp³-hybridized carbons (Fsp3) is 0.400. The number of halogens is 1. The van der Waals surface area contributed by atoms with Crippen LogP contribution in [0.1, 0.15) is 23.9 Å². The average molecular weight is 337 g/mol. The molecule has 1 heterocycles. The zero-order chi connectivity index (χ0) is 14.5. The summed E-state index contributed by atoms with van der Waals surface area (Å²) in [6.45, 7) is 2.12. The van der Waals surface area contributed by atoms with Gasteiger partial charge in [-0.2, -0.15) is 5.10 Å². The maximum Gasteiger partial charge on any atom is 0.0624 e. The second-order valence-corrected chi connectivity index (χ2v) is 5.82. The van der Waals surface area contributed by atoms with Crippen molar-refractivity contribution < 1.29 is 0 Å². The smallest absolute Gasteiger partial charge is 0.0624 e. The van der Waals surface area contributed by atoms with Gasteiger partial charge in [-0.15, -0.1) is 0 Å². The number of aryl methyl sites for hydroxylation is 2. The predicted molar refractivity (Wildman–Crippen MR) is 85.2 cm³/mol. The number of nitrogens with zero attached hydrogens (tertiary/aromatic N) is 2. The average Bonchev–Trinajstić information content (AvgIpc) is 2.81. The maximum atomic E-state index is 5.71. The second kappa shape index (κ2) is 7.02. The van der Waals surface area contributed by atoms with Gasteiger partial charge in [0, 0.05) is 29.7 Å². The van der Waals surface area contributed by atoms with E-state index in [0.717, 1.165) is 29.4 Å². The lowest BCUT2D eigenvalue weighted by atomic mass is 10.0. The molecule has 2 rings (SSSR count). The summed E-state index contributed by atoms with van der Waals surface area (Å²) in [6, 6.07) is 10.6. The van der Waals surface area contributed by atoms with Gasteiger partial charge in [0.2, 0.25) is 0 Å². The first-order valence-corrected chi connectivity index (χ1v) is 7.64. The third-order valence-corrected chi connectivity index (χ3v) is 4.28. The lowest BCUT2D eigenvalue weighted by molar-refractivity contribution is 0.504. The summed E-state index contributed by atoms with van der Waals surface area (Å²) in [5, 5.41) is 4.48. The van der Waals surface area contributed by atoms with E-state index in [2.05, 4.69) is 51.6 Å². The van der Waals surface area contributed by atoms with Crippen molar-refractivity contribution in [3.63, 3.8) is 0 Å². The Hall–Kier alpha value is -1.17. The summed E-state index contributed by atoms with van der Waals surface area (Å²) in [5.74, 6) is 5.71. The summed E-state index contributed by atoms with van der Waals surface area (Å²) >= 11 is 3.58. The van der Waals surface area contributed by atoms with E-state index >= 15 is 0 Å². The zero-order valence-electron chi connectivity index (χ0n) is 11.9. The molecule has 0 radical (unpaired) electrons. The van der Waals surface area contributed by atoms with Gasteiger partial charge in [0.05, 0.1) is 5.69 Å². The van der Waals surface area contributed by atoms with Crippen molar-refractivity contribution in [2.45, 2.75) is 32.2 Å². The Balaban J connectivity index is 2.09. The molecule has 0 aliphatic rings. The van der Waals surface area contributed by atoms with Crippen LogP contribution in [0.15, 0.2) is 34.8 Å². The van der Waals surface area contributed by atoms with Crippen LogP contribution in [0, 0.1) is 0 Å². The Morgan fingerprint density at radius 2 is 2.10 bits per heavy atom. The minimum atomic E-state index is 0.189. The standard InChI is InChI=1S/C15H21BrN4/c1-3-12-9-14(20(2)19-12)10-13(18-17)8-11-6-4-5-7-15(11)16/h4-7,9,13,18H,3,8,10,17H2,1-2H3. The Labute approximate surface area is 128 Å². The Bertz CT molecular complexity index is 565. The Kier molecular flexibility index (Phi) is 5.34. The van der Waals surface area contributed by atoms with E-state index in [1.54, 1.807) is 0 Å². The predicted octanol–water partition coefficient (Wildman–Crippen LogP) is 2.36. The van der Waals surface area contributed by atoms with Crippen molar-refractivity contribution in [2.75, 3.05) is 0 Å². The van der Waals surface area contributed by atoms with E-state index in [1.807, 2.05) is 23.9 Å². The summed E-state index contributed by atoms with van der Waals surface area (Å²) in [5.41, 5.74) is 6.51. The molecular formula is C15H21BrN4. The Morgan fingerprint density at radius 3 is 2.70 bits per heavy atom. The van der Waals surface area contributed by atoms with Crippen LogP contribution in [0.4, 0.5) is 0 Å². The molecule has 2 aromatic rings. The summed E-state index contributed by atoms with van der Waals surface area (Å²) in [4.78, 5) is 0. The monoisotopic (exact) mass is 336 g/mol. The first kappa shape index (κ1) is 15.2. The van der Waals surface area contributed by atoms with Gasteiger partial charge in [-0.25, -0.2) is 0 Å². The largest absolute Gasteiger partial charge is 0.272 e. The highest BCUT2D eigenvalue weighted by molar-refractivity contribution is 9.10. The van der Waals surface area contributed by atoms with Crippen LogP contribution in [0.3, 0.4) is 0 Å². The van der Waals surface area contributed by atoms with E-state index in [9.17, 15) is 0 Å². The minimum Gasteiger partial charge on any atom is -0.272 e. The molecule has 1 aromatic heterocycles. The molecule has 0 bridgehead atoms. The molecular weight excluding hydrogens is 316 g/mol. The molecule has 0 fully saturated rings. The van der Waals surface area contributed by atoms with E-state index in [-0.39, 0.29) is 6.04 Å². The summed E-state index contributed by atoms with van der Waals surface area (Å²) < 4.78 is 3.07. The van der Waals surface area contributed by atoms with Crippen molar-refractivity contribution in [1.29, 1.82) is 0 Å². The van der Waals surface area contributed by atoms with Crippen LogP contribution < -0.4 is 11.3 Å². The van der Waals surface area contributed by atoms with Crippen molar-refractivity contribution in [3.05, 3.63) is 51.8 Å². The van der Waals surface area contributed by atoms with E-state index in [0.29, 0.717) is 0 Å². The van der Waals surface area contributed by atoms with Crippen molar-refractivity contribution in [1.82, 2.24) is 15.2 Å². The van der Waals surface area contributed by atoms with Crippen LogP contribution in [0.25, 0.3) is 0 Å².